The number of ether oxygens (including phenoxy) is 1. The lowest BCUT2D eigenvalue weighted by Gasteiger charge is -2.10. The fraction of sp³-hybridized carbons (Fsp3) is 0.133. The molecular formula is C15H16N2O4S. The molecule has 1 amide bonds. The van der Waals surface area contributed by atoms with Gasteiger partial charge in [-0.05, 0) is 30.3 Å². The number of nitrogens with one attached hydrogen (secondary N) is 2. The van der Waals surface area contributed by atoms with E-state index in [2.05, 4.69) is 10.0 Å². The molecule has 0 heterocycles. The summed E-state index contributed by atoms with van der Waals surface area (Å²) in [6.45, 7) is 0. The number of carbonyl (C=O) groups excluding carboxylic acids is 1. The molecule has 0 radical (unpaired) electrons. The second-order valence-corrected chi connectivity index (χ2v) is 6.36. The predicted octanol–water partition coefficient (Wildman–Crippen LogP) is 2.32. The van der Waals surface area contributed by atoms with Gasteiger partial charge in [0.15, 0.2) is 0 Å². The quantitative estimate of drug-likeness (QED) is 0.885. The van der Waals surface area contributed by atoms with Gasteiger partial charge in [-0.25, -0.2) is 8.42 Å². The van der Waals surface area contributed by atoms with Crippen LogP contribution in [-0.2, 0) is 10.0 Å². The van der Waals surface area contributed by atoms with Crippen LogP contribution in [0.3, 0.4) is 0 Å². The zero-order valence-corrected chi connectivity index (χ0v) is 13.0. The molecular weight excluding hydrogens is 304 g/mol. The molecule has 0 unspecified atom stereocenters. The Morgan fingerprint density at radius 1 is 1.09 bits per heavy atom. The van der Waals surface area contributed by atoms with Crippen LogP contribution >= 0.6 is 0 Å². The third-order valence-corrected chi connectivity index (χ3v) is 3.39. The van der Waals surface area contributed by atoms with Crippen molar-refractivity contribution in [3.63, 3.8) is 0 Å². The zero-order valence-electron chi connectivity index (χ0n) is 12.2. The highest BCUT2D eigenvalue weighted by Gasteiger charge is 2.10. The number of rotatable bonds is 5. The van der Waals surface area contributed by atoms with E-state index in [0.717, 1.165) is 6.26 Å². The van der Waals surface area contributed by atoms with Gasteiger partial charge in [0.25, 0.3) is 5.91 Å². The highest BCUT2D eigenvalue weighted by Crippen LogP contribution is 2.24. The first-order valence-corrected chi connectivity index (χ1v) is 8.30. The maximum Gasteiger partial charge on any atom is 0.255 e. The van der Waals surface area contributed by atoms with E-state index in [4.69, 9.17) is 4.74 Å². The number of hydrogen-bond acceptors (Lipinski definition) is 4. The number of para-hydroxylation sites is 2. The number of sulfonamides is 1. The van der Waals surface area contributed by atoms with Crippen LogP contribution in [0.4, 0.5) is 11.4 Å². The highest BCUT2D eigenvalue weighted by molar-refractivity contribution is 7.92. The largest absolute Gasteiger partial charge is 0.495 e. The molecule has 0 aliphatic carbocycles. The van der Waals surface area contributed by atoms with Gasteiger partial charge in [0.1, 0.15) is 5.75 Å². The third-order valence-electron chi connectivity index (χ3n) is 2.78. The third kappa shape index (κ3) is 4.23. The van der Waals surface area contributed by atoms with Gasteiger partial charge >= 0.3 is 0 Å². The second-order valence-electron chi connectivity index (χ2n) is 4.61. The molecule has 116 valence electrons. The summed E-state index contributed by atoms with van der Waals surface area (Å²) in [6.07, 6.45) is 1.05. The van der Waals surface area contributed by atoms with E-state index in [9.17, 15) is 13.2 Å². The molecule has 2 rings (SSSR count). The van der Waals surface area contributed by atoms with Crippen molar-refractivity contribution in [2.75, 3.05) is 23.4 Å². The van der Waals surface area contributed by atoms with Crippen LogP contribution in [0.2, 0.25) is 0 Å². The van der Waals surface area contributed by atoms with Crippen molar-refractivity contribution >= 4 is 27.3 Å². The number of anilines is 2. The predicted molar refractivity (Wildman–Crippen MR) is 85.9 cm³/mol. The van der Waals surface area contributed by atoms with Crippen molar-refractivity contribution in [1.29, 1.82) is 0 Å². The lowest BCUT2D eigenvalue weighted by molar-refractivity contribution is 0.102. The smallest absolute Gasteiger partial charge is 0.255 e. The Morgan fingerprint density at radius 3 is 2.50 bits per heavy atom. The van der Waals surface area contributed by atoms with Crippen LogP contribution < -0.4 is 14.8 Å². The fourth-order valence-corrected chi connectivity index (χ4v) is 2.44. The Morgan fingerprint density at radius 2 is 1.82 bits per heavy atom. The lowest BCUT2D eigenvalue weighted by Crippen LogP contribution is -2.14. The van der Waals surface area contributed by atoms with Crippen LogP contribution in [-0.4, -0.2) is 27.7 Å². The number of methoxy groups -OCH3 is 1. The molecule has 2 N–H and O–H groups in total. The van der Waals surface area contributed by atoms with Crippen molar-refractivity contribution in [3.05, 3.63) is 54.1 Å². The zero-order chi connectivity index (χ0) is 16.2. The van der Waals surface area contributed by atoms with Crippen molar-refractivity contribution in [2.24, 2.45) is 0 Å². The fourth-order valence-electron chi connectivity index (χ4n) is 1.88. The van der Waals surface area contributed by atoms with E-state index in [1.807, 2.05) is 0 Å². The first-order chi connectivity index (χ1) is 10.4. The summed E-state index contributed by atoms with van der Waals surface area (Å²) in [5.41, 5.74) is 1.20. The molecule has 0 aliphatic heterocycles. The topological polar surface area (TPSA) is 84.5 Å². The Kier molecular flexibility index (Phi) is 4.67. The number of hydrogen-bond donors (Lipinski definition) is 2. The van der Waals surface area contributed by atoms with Gasteiger partial charge in [0, 0.05) is 11.3 Å². The molecule has 0 saturated carbocycles. The number of benzene rings is 2. The molecule has 0 spiro atoms. The SMILES string of the molecule is COc1ccccc1NC(=O)c1cccc(NS(C)(=O)=O)c1. The molecule has 0 atom stereocenters. The van der Waals surface area contributed by atoms with Crippen molar-refractivity contribution in [2.45, 2.75) is 0 Å². The first kappa shape index (κ1) is 15.8. The van der Waals surface area contributed by atoms with Gasteiger partial charge in [0.05, 0.1) is 19.1 Å². The number of carbonyl (C=O) groups is 1. The molecule has 0 aliphatic rings. The van der Waals surface area contributed by atoms with Crippen LogP contribution in [0, 0.1) is 0 Å². The van der Waals surface area contributed by atoms with E-state index < -0.39 is 10.0 Å². The molecule has 7 heteroatoms. The van der Waals surface area contributed by atoms with Gasteiger partial charge in [0.2, 0.25) is 10.0 Å². The Bertz CT molecular complexity index is 788. The highest BCUT2D eigenvalue weighted by atomic mass is 32.2. The monoisotopic (exact) mass is 320 g/mol. The van der Waals surface area contributed by atoms with Crippen LogP contribution in [0.15, 0.2) is 48.5 Å². The minimum atomic E-state index is -3.39. The van der Waals surface area contributed by atoms with Gasteiger partial charge in [-0.3, -0.25) is 9.52 Å². The molecule has 2 aromatic carbocycles. The van der Waals surface area contributed by atoms with Gasteiger partial charge in [-0.2, -0.15) is 0 Å². The average Bonchev–Trinajstić information content (AvgIpc) is 2.46. The van der Waals surface area contributed by atoms with Gasteiger partial charge in [-0.15, -0.1) is 0 Å². The van der Waals surface area contributed by atoms with E-state index in [0.29, 0.717) is 22.7 Å². The minimum absolute atomic E-state index is 0.329. The number of amides is 1. The van der Waals surface area contributed by atoms with Crippen molar-refractivity contribution in [3.8, 4) is 5.75 Å². The standard InChI is InChI=1S/C15H16N2O4S/c1-21-14-9-4-3-8-13(14)16-15(18)11-6-5-7-12(10-11)17-22(2,19)20/h3-10,17H,1-2H3,(H,16,18). The maximum atomic E-state index is 12.3. The Hall–Kier alpha value is -2.54. The molecule has 0 fully saturated rings. The summed E-state index contributed by atoms with van der Waals surface area (Å²) in [5.74, 6) is 0.183. The van der Waals surface area contributed by atoms with E-state index in [-0.39, 0.29) is 5.91 Å². The molecule has 6 nitrogen and oxygen atoms in total. The molecule has 22 heavy (non-hydrogen) atoms. The van der Waals surface area contributed by atoms with Crippen LogP contribution in [0.5, 0.6) is 5.75 Å². The summed E-state index contributed by atoms with van der Waals surface area (Å²) in [7, 11) is -1.88. The van der Waals surface area contributed by atoms with E-state index >= 15 is 0 Å². The lowest BCUT2D eigenvalue weighted by atomic mass is 10.2. The van der Waals surface area contributed by atoms with Gasteiger partial charge < -0.3 is 10.1 Å². The Labute approximate surface area is 129 Å². The summed E-state index contributed by atoms with van der Waals surface area (Å²) < 4.78 is 30.0. The minimum Gasteiger partial charge on any atom is -0.495 e. The molecule has 0 saturated heterocycles. The normalized spacial score (nSPS) is 10.8. The maximum absolute atomic E-state index is 12.3. The van der Waals surface area contributed by atoms with Crippen molar-refractivity contribution < 1.29 is 17.9 Å². The summed E-state index contributed by atoms with van der Waals surface area (Å²) in [6, 6.07) is 13.3. The van der Waals surface area contributed by atoms with Crippen LogP contribution in [0.25, 0.3) is 0 Å². The summed E-state index contributed by atoms with van der Waals surface area (Å²) in [4.78, 5) is 12.3. The van der Waals surface area contributed by atoms with E-state index in [1.54, 1.807) is 42.5 Å². The molecule has 2 aromatic rings. The molecule has 0 bridgehead atoms. The second kappa shape index (κ2) is 6.48. The van der Waals surface area contributed by atoms with Crippen LogP contribution in [0.1, 0.15) is 10.4 Å². The first-order valence-electron chi connectivity index (χ1n) is 6.41. The van der Waals surface area contributed by atoms with Crippen molar-refractivity contribution in [1.82, 2.24) is 0 Å². The van der Waals surface area contributed by atoms with Gasteiger partial charge in [-0.1, -0.05) is 18.2 Å². The molecule has 0 aromatic heterocycles. The average molecular weight is 320 g/mol. The van der Waals surface area contributed by atoms with E-state index in [1.165, 1.54) is 13.2 Å². The summed E-state index contributed by atoms with van der Waals surface area (Å²) >= 11 is 0. The Balaban J connectivity index is 2.21. The summed E-state index contributed by atoms with van der Waals surface area (Å²) in [5, 5.41) is 2.73.